The summed E-state index contributed by atoms with van der Waals surface area (Å²) in [5.41, 5.74) is 2.19. The SMILES string of the molecule is Cc1ccccc1CC(C)(C)NC(=O)C(C)OCC1CCCCO1. The monoisotopic (exact) mass is 333 g/mol. The van der Waals surface area contributed by atoms with Gasteiger partial charge < -0.3 is 14.8 Å². The van der Waals surface area contributed by atoms with Crippen molar-refractivity contribution in [3.05, 3.63) is 35.4 Å². The quantitative estimate of drug-likeness (QED) is 0.832. The minimum atomic E-state index is -0.466. The van der Waals surface area contributed by atoms with Crippen molar-refractivity contribution in [2.75, 3.05) is 13.2 Å². The maximum atomic E-state index is 12.4. The summed E-state index contributed by atoms with van der Waals surface area (Å²) in [5.74, 6) is -0.0654. The van der Waals surface area contributed by atoms with Gasteiger partial charge in [-0.3, -0.25) is 4.79 Å². The molecule has 134 valence electrons. The van der Waals surface area contributed by atoms with Gasteiger partial charge in [-0.05, 0) is 64.5 Å². The summed E-state index contributed by atoms with van der Waals surface area (Å²) in [4.78, 5) is 12.4. The van der Waals surface area contributed by atoms with Crippen LogP contribution in [0.25, 0.3) is 0 Å². The van der Waals surface area contributed by atoms with Crippen LogP contribution in [0.3, 0.4) is 0 Å². The summed E-state index contributed by atoms with van der Waals surface area (Å²) in [6.07, 6.45) is 3.79. The first-order chi connectivity index (χ1) is 11.4. The number of carbonyl (C=O) groups is 1. The summed E-state index contributed by atoms with van der Waals surface area (Å²) in [6.45, 7) is 9.30. The smallest absolute Gasteiger partial charge is 0.249 e. The number of hydrogen-bond donors (Lipinski definition) is 1. The first kappa shape index (κ1) is 18.9. The molecule has 2 rings (SSSR count). The van der Waals surface area contributed by atoms with Crippen molar-refractivity contribution in [2.45, 2.75) is 71.1 Å². The first-order valence-electron chi connectivity index (χ1n) is 8.97. The Morgan fingerprint density at radius 1 is 1.38 bits per heavy atom. The predicted molar refractivity (Wildman–Crippen MR) is 96.1 cm³/mol. The van der Waals surface area contributed by atoms with Gasteiger partial charge in [0.25, 0.3) is 0 Å². The fourth-order valence-electron chi connectivity index (χ4n) is 3.03. The van der Waals surface area contributed by atoms with E-state index in [2.05, 4.69) is 24.4 Å². The lowest BCUT2D eigenvalue weighted by Crippen LogP contribution is -2.49. The summed E-state index contributed by atoms with van der Waals surface area (Å²) < 4.78 is 11.4. The Bertz CT molecular complexity index is 535. The third kappa shape index (κ3) is 5.91. The lowest BCUT2D eigenvalue weighted by molar-refractivity contribution is -0.137. The Balaban J connectivity index is 1.81. The topological polar surface area (TPSA) is 47.6 Å². The third-order valence-electron chi connectivity index (χ3n) is 4.53. The summed E-state index contributed by atoms with van der Waals surface area (Å²) in [6, 6.07) is 8.29. The average Bonchev–Trinajstić information content (AvgIpc) is 2.55. The lowest BCUT2D eigenvalue weighted by atomic mass is 9.92. The second-order valence-electron chi connectivity index (χ2n) is 7.44. The highest BCUT2D eigenvalue weighted by molar-refractivity contribution is 5.81. The van der Waals surface area contributed by atoms with E-state index >= 15 is 0 Å². The Kier molecular flexibility index (Phi) is 6.81. The standard InChI is InChI=1S/C20H31NO3/c1-15-9-5-6-10-17(15)13-20(3,4)21-19(22)16(2)24-14-18-11-7-8-12-23-18/h5-6,9-10,16,18H,7-8,11-14H2,1-4H3,(H,21,22). The number of nitrogens with one attached hydrogen (secondary N) is 1. The minimum absolute atomic E-state index is 0.0654. The predicted octanol–water partition coefficient (Wildman–Crippen LogP) is 3.41. The van der Waals surface area contributed by atoms with E-state index in [0.29, 0.717) is 6.61 Å². The van der Waals surface area contributed by atoms with Gasteiger partial charge in [-0.25, -0.2) is 0 Å². The van der Waals surface area contributed by atoms with Gasteiger partial charge in [0.15, 0.2) is 0 Å². The van der Waals surface area contributed by atoms with Gasteiger partial charge in [0, 0.05) is 12.1 Å². The molecule has 1 aliphatic heterocycles. The summed E-state index contributed by atoms with van der Waals surface area (Å²) in [7, 11) is 0. The van der Waals surface area contributed by atoms with Gasteiger partial charge in [0.2, 0.25) is 5.91 Å². The molecule has 1 saturated heterocycles. The number of amides is 1. The van der Waals surface area contributed by atoms with Crippen molar-refractivity contribution in [3.63, 3.8) is 0 Å². The molecule has 1 aromatic carbocycles. The Morgan fingerprint density at radius 2 is 2.12 bits per heavy atom. The molecule has 1 heterocycles. The molecule has 1 aromatic rings. The zero-order valence-corrected chi connectivity index (χ0v) is 15.4. The van der Waals surface area contributed by atoms with Gasteiger partial charge >= 0.3 is 0 Å². The van der Waals surface area contributed by atoms with E-state index in [1.165, 1.54) is 17.5 Å². The highest BCUT2D eigenvalue weighted by Crippen LogP contribution is 2.17. The fourth-order valence-corrected chi connectivity index (χ4v) is 3.03. The molecule has 1 aliphatic rings. The Hall–Kier alpha value is -1.39. The Labute approximate surface area is 145 Å². The molecule has 0 radical (unpaired) electrons. The van der Waals surface area contributed by atoms with Crippen LogP contribution in [-0.2, 0) is 20.7 Å². The maximum Gasteiger partial charge on any atom is 0.249 e. The maximum absolute atomic E-state index is 12.4. The highest BCUT2D eigenvalue weighted by Gasteiger charge is 2.25. The number of rotatable bonds is 7. The molecule has 1 N–H and O–H groups in total. The molecule has 4 heteroatoms. The molecular weight excluding hydrogens is 302 g/mol. The molecule has 0 spiro atoms. The van der Waals surface area contributed by atoms with Gasteiger partial charge in [-0.2, -0.15) is 0 Å². The Morgan fingerprint density at radius 3 is 2.79 bits per heavy atom. The zero-order valence-electron chi connectivity index (χ0n) is 15.4. The van der Waals surface area contributed by atoms with Crippen LogP contribution < -0.4 is 5.32 Å². The fraction of sp³-hybridized carbons (Fsp3) is 0.650. The minimum Gasteiger partial charge on any atom is -0.376 e. The molecule has 0 saturated carbocycles. The molecule has 2 unspecified atom stereocenters. The summed E-state index contributed by atoms with van der Waals surface area (Å²) in [5, 5.41) is 3.11. The molecule has 0 aromatic heterocycles. The molecule has 4 nitrogen and oxygen atoms in total. The van der Waals surface area contributed by atoms with Crippen LogP contribution in [-0.4, -0.2) is 36.9 Å². The lowest BCUT2D eigenvalue weighted by Gasteiger charge is -2.29. The van der Waals surface area contributed by atoms with E-state index in [1.54, 1.807) is 0 Å². The van der Waals surface area contributed by atoms with Gasteiger partial charge in [-0.15, -0.1) is 0 Å². The average molecular weight is 333 g/mol. The normalized spacial score (nSPS) is 19.8. The van der Waals surface area contributed by atoms with Crippen molar-refractivity contribution < 1.29 is 14.3 Å². The highest BCUT2D eigenvalue weighted by atomic mass is 16.5. The van der Waals surface area contributed by atoms with E-state index in [0.717, 1.165) is 25.9 Å². The van der Waals surface area contributed by atoms with Crippen molar-refractivity contribution in [3.8, 4) is 0 Å². The first-order valence-corrected chi connectivity index (χ1v) is 8.97. The molecule has 1 fully saturated rings. The van der Waals surface area contributed by atoms with Crippen LogP contribution in [0.5, 0.6) is 0 Å². The number of hydrogen-bond acceptors (Lipinski definition) is 3. The molecule has 0 bridgehead atoms. The number of ether oxygens (including phenoxy) is 2. The van der Waals surface area contributed by atoms with Crippen molar-refractivity contribution in [1.29, 1.82) is 0 Å². The molecular formula is C20H31NO3. The van der Waals surface area contributed by atoms with E-state index in [4.69, 9.17) is 9.47 Å². The van der Waals surface area contributed by atoms with Crippen LogP contribution >= 0.6 is 0 Å². The van der Waals surface area contributed by atoms with E-state index in [1.807, 2.05) is 32.9 Å². The second kappa shape index (κ2) is 8.63. The third-order valence-corrected chi connectivity index (χ3v) is 4.53. The molecule has 1 amide bonds. The second-order valence-corrected chi connectivity index (χ2v) is 7.44. The van der Waals surface area contributed by atoms with E-state index < -0.39 is 6.10 Å². The van der Waals surface area contributed by atoms with Gasteiger partial charge in [-0.1, -0.05) is 24.3 Å². The van der Waals surface area contributed by atoms with Crippen LogP contribution in [0.15, 0.2) is 24.3 Å². The van der Waals surface area contributed by atoms with Crippen molar-refractivity contribution in [1.82, 2.24) is 5.32 Å². The van der Waals surface area contributed by atoms with E-state index in [-0.39, 0.29) is 17.6 Å². The van der Waals surface area contributed by atoms with E-state index in [9.17, 15) is 4.79 Å². The molecule has 24 heavy (non-hydrogen) atoms. The van der Waals surface area contributed by atoms with Crippen molar-refractivity contribution in [2.24, 2.45) is 0 Å². The largest absolute Gasteiger partial charge is 0.376 e. The number of carbonyl (C=O) groups excluding carboxylic acids is 1. The molecule has 2 atom stereocenters. The zero-order chi connectivity index (χ0) is 17.6. The van der Waals surface area contributed by atoms with Crippen LogP contribution in [0.4, 0.5) is 0 Å². The summed E-state index contributed by atoms with van der Waals surface area (Å²) >= 11 is 0. The van der Waals surface area contributed by atoms with Crippen molar-refractivity contribution >= 4 is 5.91 Å². The van der Waals surface area contributed by atoms with Crippen LogP contribution in [0.1, 0.15) is 51.2 Å². The van der Waals surface area contributed by atoms with Crippen LogP contribution in [0.2, 0.25) is 0 Å². The number of aryl methyl sites for hydroxylation is 1. The van der Waals surface area contributed by atoms with Gasteiger partial charge in [0.05, 0.1) is 12.7 Å². The van der Waals surface area contributed by atoms with Gasteiger partial charge in [0.1, 0.15) is 6.10 Å². The van der Waals surface area contributed by atoms with Crippen LogP contribution in [0, 0.1) is 6.92 Å². The number of benzene rings is 1. The molecule has 0 aliphatic carbocycles.